The number of aryl methyl sites for hydroxylation is 1. The van der Waals surface area contributed by atoms with E-state index in [9.17, 15) is 14.4 Å². The highest BCUT2D eigenvalue weighted by Crippen LogP contribution is 2.24. The third-order valence-corrected chi connectivity index (χ3v) is 9.87. The van der Waals surface area contributed by atoms with Crippen LogP contribution in [0.4, 0.5) is 14.4 Å². The fourth-order valence-electron chi connectivity index (χ4n) is 5.97. The van der Waals surface area contributed by atoms with E-state index in [0.29, 0.717) is 24.9 Å². The molecule has 13 heteroatoms. The largest absolute Gasteiger partial charge is 0.444 e. The standard InChI is InChI=1S/C19H25N3O2.C10H18INO2.C10H19NO3/c1-19(2,3)24-18(23)22-12-10-14(13-22)6-8-16-9-7-15-5-4-11-20-17(15)21-16;1-10(2,3)14-9(13)12-5-4-8(6-11)7-12;1-10(2,3)14-9(13)11-5-4-8(6-11)7-12/h4-5,7,9,11,14H,6,8,10,12-13H2,1-3H3;8H,4-7H2,1-3H3;8,12H,4-7H2,1-3H3/t14-;2*8-/m101/s1. The van der Waals surface area contributed by atoms with Gasteiger partial charge in [-0.3, -0.25) is 0 Å². The first-order valence-electron chi connectivity index (χ1n) is 18.6. The number of carbonyl (C=O) groups is 3. The van der Waals surface area contributed by atoms with E-state index in [4.69, 9.17) is 19.3 Å². The predicted octanol–water partition coefficient (Wildman–Crippen LogP) is 7.73. The number of hydrogen-bond acceptors (Lipinski definition) is 9. The van der Waals surface area contributed by atoms with Gasteiger partial charge in [-0.25, -0.2) is 24.4 Å². The third-order valence-electron chi connectivity index (χ3n) is 8.62. The molecule has 3 amide bonds. The van der Waals surface area contributed by atoms with E-state index >= 15 is 0 Å². The SMILES string of the molecule is CC(C)(C)OC(=O)N1CC[C@@H](CCc2ccc3cccnc3n2)C1.CC(C)(C)OC(=O)N1CC[C@@H](CI)C1.CC(C)(C)OC(=O)N1CC[C@@H](CO)C1. The summed E-state index contributed by atoms with van der Waals surface area (Å²) in [4.78, 5) is 49.5. The Kier molecular flexibility index (Phi) is 16.2. The summed E-state index contributed by atoms with van der Waals surface area (Å²) in [5.74, 6) is 1.39. The number of alkyl halides is 1. The fraction of sp³-hybridized carbons (Fsp3) is 0.718. The van der Waals surface area contributed by atoms with Crippen LogP contribution in [-0.2, 0) is 20.6 Å². The molecule has 2 aromatic rings. The Balaban J connectivity index is 0.000000225. The van der Waals surface area contributed by atoms with Crippen molar-refractivity contribution in [3.05, 3.63) is 36.2 Å². The first-order valence-corrected chi connectivity index (χ1v) is 20.1. The zero-order valence-corrected chi connectivity index (χ0v) is 35.0. The lowest BCUT2D eigenvalue weighted by Crippen LogP contribution is -2.35. The van der Waals surface area contributed by atoms with Crippen LogP contribution in [0.5, 0.6) is 0 Å². The van der Waals surface area contributed by atoms with Crippen molar-refractivity contribution in [2.75, 3.05) is 50.3 Å². The molecule has 3 aliphatic rings. The number of halogens is 1. The number of nitrogens with zero attached hydrogens (tertiary/aromatic N) is 5. The van der Waals surface area contributed by atoms with E-state index in [1.165, 1.54) is 0 Å². The Morgan fingerprint density at radius 3 is 1.63 bits per heavy atom. The molecule has 3 saturated heterocycles. The molecule has 3 fully saturated rings. The van der Waals surface area contributed by atoms with Gasteiger partial charge in [0.1, 0.15) is 16.8 Å². The maximum absolute atomic E-state index is 12.1. The molecule has 5 rings (SSSR count). The highest BCUT2D eigenvalue weighted by molar-refractivity contribution is 14.1. The quantitative estimate of drug-likeness (QED) is 0.182. The number of ether oxygens (including phenoxy) is 3. The molecule has 52 heavy (non-hydrogen) atoms. The van der Waals surface area contributed by atoms with Crippen molar-refractivity contribution < 1.29 is 33.7 Å². The summed E-state index contributed by atoms with van der Waals surface area (Å²) in [5.41, 5.74) is 0.624. The monoisotopic (exact) mass is 839 g/mol. The topological polar surface area (TPSA) is 135 Å². The molecule has 0 radical (unpaired) electrons. The molecule has 5 heterocycles. The van der Waals surface area contributed by atoms with Gasteiger partial charge < -0.3 is 34.0 Å². The van der Waals surface area contributed by atoms with Crippen LogP contribution in [0, 0.1) is 17.8 Å². The van der Waals surface area contributed by atoms with Crippen LogP contribution in [-0.4, -0.2) is 115 Å². The average Bonchev–Trinajstić information content (AvgIpc) is 3.83. The summed E-state index contributed by atoms with van der Waals surface area (Å²) in [7, 11) is 0. The molecule has 0 bridgehead atoms. The number of aromatic nitrogens is 2. The number of hydrogen-bond donors (Lipinski definition) is 1. The number of carbonyl (C=O) groups excluding carboxylic acids is 3. The Labute approximate surface area is 324 Å². The van der Waals surface area contributed by atoms with Crippen molar-refractivity contribution in [3.8, 4) is 0 Å². The highest BCUT2D eigenvalue weighted by Gasteiger charge is 2.31. The average molecular weight is 840 g/mol. The maximum atomic E-state index is 12.1. The molecule has 0 aliphatic carbocycles. The van der Waals surface area contributed by atoms with E-state index < -0.39 is 11.2 Å². The van der Waals surface area contributed by atoms with Crippen LogP contribution >= 0.6 is 22.6 Å². The Hall–Kier alpha value is -2.94. The number of aliphatic hydroxyl groups is 1. The molecule has 0 spiro atoms. The molecule has 2 aromatic heterocycles. The van der Waals surface area contributed by atoms with Crippen LogP contribution in [0.3, 0.4) is 0 Å². The van der Waals surface area contributed by atoms with Gasteiger partial charge in [-0.15, -0.1) is 0 Å². The van der Waals surface area contributed by atoms with Gasteiger partial charge in [-0.1, -0.05) is 22.6 Å². The molecule has 3 aliphatic heterocycles. The second-order valence-corrected chi connectivity index (χ2v) is 17.9. The van der Waals surface area contributed by atoms with Gasteiger partial charge in [0.2, 0.25) is 0 Å². The van der Waals surface area contributed by atoms with Crippen molar-refractivity contribution in [3.63, 3.8) is 0 Å². The molecule has 0 saturated carbocycles. The second kappa shape index (κ2) is 19.4. The van der Waals surface area contributed by atoms with Gasteiger partial charge in [-0.05, 0) is 131 Å². The summed E-state index contributed by atoms with van der Waals surface area (Å²) in [6.07, 6.45) is 6.11. The Morgan fingerprint density at radius 2 is 1.19 bits per heavy atom. The van der Waals surface area contributed by atoms with E-state index in [-0.39, 0.29) is 36.4 Å². The van der Waals surface area contributed by atoms with Crippen LogP contribution in [0.25, 0.3) is 11.0 Å². The molecule has 3 atom stereocenters. The summed E-state index contributed by atoms with van der Waals surface area (Å²) >= 11 is 2.37. The lowest BCUT2D eigenvalue weighted by atomic mass is 10.0. The number of rotatable bonds is 5. The number of likely N-dealkylation sites (tertiary alicyclic amines) is 3. The van der Waals surface area contributed by atoms with E-state index in [0.717, 1.165) is 79.4 Å². The molecule has 0 aromatic carbocycles. The van der Waals surface area contributed by atoms with Crippen LogP contribution in [0.1, 0.15) is 93.7 Å². The first kappa shape index (κ1) is 43.5. The summed E-state index contributed by atoms with van der Waals surface area (Å²) < 4.78 is 17.1. The number of aliphatic hydroxyl groups excluding tert-OH is 1. The lowest BCUT2D eigenvalue weighted by Gasteiger charge is -2.24. The smallest absolute Gasteiger partial charge is 0.410 e. The molecular weight excluding hydrogens is 777 g/mol. The zero-order valence-electron chi connectivity index (χ0n) is 32.8. The number of pyridine rings is 2. The zero-order chi connectivity index (χ0) is 38.7. The van der Waals surface area contributed by atoms with Crippen molar-refractivity contribution in [2.45, 2.75) is 111 Å². The lowest BCUT2D eigenvalue weighted by molar-refractivity contribution is 0.0274. The third kappa shape index (κ3) is 15.6. The van der Waals surface area contributed by atoms with E-state index in [1.807, 2.05) is 84.2 Å². The fourth-order valence-corrected chi connectivity index (χ4v) is 6.69. The molecule has 0 unspecified atom stereocenters. The molecule has 12 nitrogen and oxygen atoms in total. The highest BCUT2D eigenvalue weighted by atomic mass is 127. The minimum Gasteiger partial charge on any atom is -0.444 e. The number of fused-ring (bicyclic) bond motifs is 1. The first-order chi connectivity index (χ1) is 24.2. The minimum absolute atomic E-state index is 0.152. The van der Waals surface area contributed by atoms with Gasteiger partial charge in [0.15, 0.2) is 5.65 Å². The van der Waals surface area contributed by atoms with E-state index in [2.05, 4.69) is 44.7 Å². The summed E-state index contributed by atoms with van der Waals surface area (Å²) in [6, 6.07) is 8.10. The van der Waals surface area contributed by atoms with Gasteiger partial charge in [0.05, 0.1) is 0 Å². The minimum atomic E-state index is -0.436. The summed E-state index contributed by atoms with van der Waals surface area (Å²) in [5, 5.41) is 9.99. The van der Waals surface area contributed by atoms with Gasteiger partial charge >= 0.3 is 18.3 Å². The molecular formula is C39H62IN5O7. The normalized spacial score (nSPS) is 20.5. The second-order valence-electron chi connectivity index (χ2n) is 17.0. The van der Waals surface area contributed by atoms with Gasteiger partial charge in [-0.2, -0.15) is 0 Å². The summed E-state index contributed by atoms with van der Waals surface area (Å²) in [6.45, 7) is 21.7. The van der Waals surface area contributed by atoms with Gasteiger partial charge in [0.25, 0.3) is 0 Å². The van der Waals surface area contributed by atoms with E-state index in [1.54, 1.807) is 11.1 Å². The van der Waals surface area contributed by atoms with Crippen molar-refractivity contribution in [1.82, 2.24) is 24.7 Å². The Bertz CT molecular complexity index is 1410. The van der Waals surface area contributed by atoms with Gasteiger partial charge in [0, 0.05) is 73.5 Å². The molecule has 1 N–H and O–H groups in total. The van der Waals surface area contributed by atoms with Crippen LogP contribution in [0.15, 0.2) is 30.5 Å². The van der Waals surface area contributed by atoms with Crippen LogP contribution in [0.2, 0.25) is 0 Å². The number of amides is 3. The maximum Gasteiger partial charge on any atom is 0.410 e. The van der Waals surface area contributed by atoms with Crippen molar-refractivity contribution in [2.24, 2.45) is 17.8 Å². The van der Waals surface area contributed by atoms with Crippen molar-refractivity contribution in [1.29, 1.82) is 0 Å². The van der Waals surface area contributed by atoms with Crippen LogP contribution < -0.4 is 0 Å². The Morgan fingerprint density at radius 1 is 0.731 bits per heavy atom. The van der Waals surface area contributed by atoms with Crippen molar-refractivity contribution >= 4 is 51.9 Å². The molecule has 292 valence electrons. The predicted molar refractivity (Wildman–Crippen MR) is 212 cm³/mol.